The summed E-state index contributed by atoms with van der Waals surface area (Å²) < 4.78 is 0. The SMILES string of the molecule is Cc1cc(N(Cc2ccccc2)C(C)C)c(CN)c(C)n1. The summed E-state index contributed by atoms with van der Waals surface area (Å²) in [6.45, 7) is 9.92. The Kier molecular flexibility index (Phi) is 4.97. The molecule has 0 saturated carbocycles. The van der Waals surface area contributed by atoms with Crippen LogP contribution in [0.25, 0.3) is 0 Å². The van der Waals surface area contributed by atoms with E-state index in [4.69, 9.17) is 5.73 Å². The Labute approximate surface area is 127 Å². The highest BCUT2D eigenvalue weighted by molar-refractivity contribution is 5.57. The fourth-order valence-corrected chi connectivity index (χ4v) is 2.67. The van der Waals surface area contributed by atoms with Crippen LogP contribution in [0.1, 0.15) is 36.4 Å². The smallest absolute Gasteiger partial charge is 0.0453 e. The zero-order valence-corrected chi connectivity index (χ0v) is 13.4. The molecule has 1 aromatic carbocycles. The van der Waals surface area contributed by atoms with Crippen LogP contribution in [0.2, 0.25) is 0 Å². The Balaban J connectivity index is 2.43. The van der Waals surface area contributed by atoms with Crippen LogP contribution in [-0.4, -0.2) is 11.0 Å². The van der Waals surface area contributed by atoms with E-state index in [0.29, 0.717) is 12.6 Å². The Hall–Kier alpha value is -1.87. The summed E-state index contributed by atoms with van der Waals surface area (Å²) in [7, 11) is 0. The summed E-state index contributed by atoms with van der Waals surface area (Å²) in [4.78, 5) is 6.95. The van der Waals surface area contributed by atoms with Crippen molar-refractivity contribution in [1.82, 2.24) is 4.98 Å². The van der Waals surface area contributed by atoms with Crippen LogP contribution in [0.15, 0.2) is 36.4 Å². The Morgan fingerprint density at radius 2 is 1.81 bits per heavy atom. The topological polar surface area (TPSA) is 42.1 Å². The van der Waals surface area contributed by atoms with Crippen LogP contribution in [-0.2, 0) is 13.1 Å². The molecule has 2 rings (SSSR count). The van der Waals surface area contributed by atoms with Gasteiger partial charge < -0.3 is 10.6 Å². The molecule has 3 nitrogen and oxygen atoms in total. The van der Waals surface area contributed by atoms with Gasteiger partial charge in [-0.2, -0.15) is 0 Å². The van der Waals surface area contributed by atoms with Crippen molar-refractivity contribution in [2.75, 3.05) is 4.90 Å². The summed E-state index contributed by atoms with van der Waals surface area (Å²) in [6.07, 6.45) is 0. The number of aryl methyl sites for hydroxylation is 2. The lowest BCUT2D eigenvalue weighted by molar-refractivity contribution is 0.676. The van der Waals surface area contributed by atoms with Crippen LogP contribution in [0, 0.1) is 13.8 Å². The van der Waals surface area contributed by atoms with Gasteiger partial charge in [0.2, 0.25) is 0 Å². The number of nitrogens with zero attached hydrogens (tertiary/aromatic N) is 2. The molecule has 1 aromatic heterocycles. The van der Waals surface area contributed by atoms with Crippen LogP contribution in [0.4, 0.5) is 5.69 Å². The molecule has 0 amide bonds. The molecule has 0 unspecified atom stereocenters. The van der Waals surface area contributed by atoms with Gasteiger partial charge >= 0.3 is 0 Å². The Morgan fingerprint density at radius 3 is 2.38 bits per heavy atom. The first kappa shape index (κ1) is 15.5. The van der Waals surface area contributed by atoms with E-state index in [0.717, 1.165) is 23.5 Å². The highest BCUT2D eigenvalue weighted by atomic mass is 15.2. The van der Waals surface area contributed by atoms with E-state index in [9.17, 15) is 0 Å². The number of anilines is 1. The largest absolute Gasteiger partial charge is 0.364 e. The zero-order valence-electron chi connectivity index (χ0n) is 13.4. The predicted molar refractivity (Wildman–Crippen MR) is 89.4 cm³/mol. The molecule has 0 fully saturated rings. The van der Waals surface area contributed by atoms with Crippen molar-refractivity contribution in [1.29, 1.82) is 0 Å². The maximum Gasteiger partial charge on any atom is 0.0453 e. The third-order valence-electron chi connectivity index (χ3n) is 3.77. The van der Waals surface area contributed by atoms with Crippen molar-refractivity contribution in [3.05, 3.63) is 58.9 Å². The van der Waals surface area contributed by atoms with E-state index in [2.05, 4.69) is 60.1 Å². The number of benzene rings is 1. The first-order valence-corrected chi connectivity index (χ1v) is 7.50. The standard InChI is InChI=1S/C18H25N3/c1-13(2)21(12-16-8-6-5-7-9-16)18-10-14(3)20-15(4)17(18)11-19/h5-10,13H,11-12,19H2,1-4H3. The second-order valence-corrected chi connectivity index (χ2v) is 5.76. The van der Waals surface area contributed by atoms with Gasteiger partial charge in [-0.1, -0.05) is 30.3 Å². The lowest BCUT2D eigenvalue weighted by Crippen LogP contribution is -2.31. The molecule has 21 heavy (non-hydrogen) atoms. The average molecular weight is 283 g/mol. The van der Waals surface area contributed by atoms with E-state index in [1.807, 2.05) is 13.8 Å². The molecule has 2 aromatic rings. The molecule has 0 radical (unpaired) electrons. The van der Waals surface area contributed by atoms with Crippen LogP contribution in [0.5, 0.6) is 0 Å². The number of nitrogens with two attached hydrogens (primary N) is 1. The molecule has 0 aliphatic heterocycles. The van der Waals surface area contributed by atoms with Gasteiger partial charge in [0.25, 0.3) is 0 Å². The van der Waals surface area contributed by atoms with Gasteiger partial charge in [0.15, 0.2) is 0 Å². The number of aromatic nitrogens is 1. The quantitative estimate of drug-likeness (QED) is 0.912. The lowest BCUT2D eigenvalue weighted by Gasteiger charge is -2.31. The molecule has 0 saturated heterocycles. The maximum absolute atomic E-state index is 5.97. The van der Waals surface area contributed by atoms with E-state index >= 15 is 0 Å². The number of pyridine rings is 1. The normalized spacial score (nSPS) is 11.0. The maximum atomic E-state index is 5.97. The summed E-state index contributed by atoms with van der Waals surface area (Å²) in [5.41, 5.74) is 11.7. The van der Waals surface area contributed by atoms with Crippen molar-refractivity contribution >= 4 is 5.69 Å². The van der Waals surface area contributed by atoms with Crippen molar-refractivity contribution in [2.45, 2.75) is 46.8 Å². The first-order chi connectivity index (χ1) is 10.0. The number of rotatable bonds is 5. The summed E-state index contributed by atoms with van der Waals surface area (Å²) in [6, 6.07) is 13.1. The molecule has 3 heteroatoms. The zero-order chi connectivity index (χ0) is 15.4. The average Bonchev–Trinajstić information content (AvgIpc) is 2.45. The third-order valence-corrected chi connectivity index (χ3v) is 3.77. The molecule has 0 aliphatic carbocycles. The molecule has 112 valence electrons. The second-order valence-electron chi connectivity index (χ2n) is 5.76. The first-order valence-electron chi connectivity index (χ1n) is 7.50. The predicted octanol–water partition coefficient (Wildman–Crippen LogP) is 3.57. The van der Waals surface area contributed by atoms with Crippen LogP contribution >= 0.6 is 0 Å². The van der Waals surface area contributed by atoms with Crippen molar-refractivity contribution in [3.8, 4) is 0 Å². The summed E-state index contributed by atoms with van der Waals surface area (Å²) >= 11 is 0. The fraction of sp³-hybridized carbons (Fsp3) is 0.389. The van der Waals surface area contributed by atoms with Gasteiger partial charge in [-0.15, -0.1) is 0 Å². The van der Waals surface area contributed by atoms with Gasteiger partial charge in [-0.3, -0.25) is 4.98 Å². The third kappa shape index (κ3) is 3.61. The molecular formula is C18H25N3. The summed E-state index contributed by atoms with van der Waals surface area (Å²) in [5, 5.41) is 0. The molecule has 0 atom stereocenters. The second kappa shape index (κ2) is 6.72. The van der Waals surface area contributed by atoms with E-state index in [-0.39, 0.29) is 0 Å². The Bertz CT molecular complexity index is 591. The van der Waals surface area contributed by atoms with Gasteiger partial charge in [0, 0.05) is 41.8 Å². The van der Waals surface area contributed by atoms with Crippen molar-refractivity contribution in [3.63, 3.8) is 0 Å². The number of hydrogen-bond donors (Lipinski definition) is 1. The van der Waals surface area contributed by atoms with Crippen LogP contribution < -0.4 is 10.6 Å². The minimum Gasteiger partial charge on any atom is -0.364 e. The van der Waals surface area contributed by atoms with Crippen molar-refractivity contribution in [2.24, 2.45) is 5.73 Å². The highest BCUT2D eigenvalue weighted by Crippen LogP contribution is 2.27. The Morgan fingerprint density at radius 1 is 1.14 bits per heavy atom. The fourth-order valence-electron chi connectivity index (χ4n) is 2.67. The minimum absolute atomic E-state index is 0.400. The molecule has 1 heterocycles. The van der Waals surface area contributed by atoms with Gasteiger partial charge in [-0.25, -0.2) is 0 Å². The molecule has 0 bridgehead atoms. The molecule has 0 spiro atoms. The van der Waals surface area contributed by atoms with E-state index in [1.54, 1.807) is 0 Å². The van der Waals surface area contributed by atoms with Gasteiger partial charge in [0.1, 0.15) is 0 Å². The highest BCUT2D eigenvalue weighted by Gasteiger charge is 2.17. The molecule has 2 N–H and O–H groups in total. The molecular weight excluding hydrogens is 258 g/mol. The van der Waals surface area contributed by atoms with E-state index in [1.165, 1.54) is 11.3 Å². The van der Waals surface area contributed by atoms with Crippen LogP contribution in [0.3, 0.4) is 0 Å². The van der Waals surface area contributed by atoms with Gasteiger partial charge in [0.05, 0.1) is 0 Å². The minimum atomic E-state index is 0.400. The summed E-state index contributed by atoms with van der Waals surface area (Å²) in [5.74, 6) is 0. The number of hydrogen-bond acceptors (Lipinski definition) is 3. The van der Waals surface area contributed by atoms with Crippen molar-refractivity contribution < 1.29 is 0 Å². The lowest BCUT2D eigenvalue weighted by atomic mass is 10.1. The monoisotopic (exact) mass is 283 g/mol. The molecule has 0 aliphatic rings. The van der Waals surface area contributed by atoms with Gasteiger partial charge in [-0.05, 0) is 39.3 Å². The van der Waals surface area contributed by atoms with E-state index < -0.39 is 0 Å².